The highest BCUT2D eigenvalue weighted by atomic mass is 79.9. The lowest BCUT2D eigenvalue weighted by Crippen LogP contribution is -2.14. The van der Waals surface area contributed by atoms with E-state index in [1.165, 1.54) is 6.07 Å². The molecule has 5 heteroatoms. The number of amides is 1. The Morgan fingerprint density at radius 1 is 1.57 bits per heavy atom. The van der Waals surface area contributed by atoms with E-state index in [9.17, 15) is 9.18 Å². The van der Waals surface area contributed by atoms with Crippen molar-refractivity contribution in [2.24, 2.45) is 11.7 Å². The number of halogens is 2. The molecular formula is C16H16BrFN2O. The third-order valence-corrected chi connectivity index (χ3v) is 5.09. The number of hydrogen-bond acceptors (Lipinski definition) is 1. The van der Waals surface area contributed by atoms with E-state index >= 15 is 0 Å². The molecular weight excluding hydrogens is 335 g/mol. The maximum absolute atomic E-state index is 14.0. The average Bonchev–Trinajstić information content (AvgIpc) is 2.80. The van der Waals surface area contributed by atoms with E-state index in [-0.39, 0.29) is 5.56 Å². The molecule has 1 amide bonds. The molecule has 110 valence electrons. The second kappa shape index (κ2) is 4.98. The van der Waals surface area contributed by atoms with Crippen LogP contribution in [0.15, 0.2) is 22.7 Å². The summed E-state index contributed by atoms with van der Waals surface area (Å²) in [6, 6.07) is 1.19. The van der Waals surface area contributed by atoms with E-state index in [4.69, 9.17) is 5.73 Å². The Kier molecular flexibility index (Phi) is 3.40. The zero-order valence-electron chi connectivity index (χ0n) is 11.7. The monoisotopic (exact) mass is 350 g/mol. The smallest absolute Gasteiger partial charge is 0.250 e. The second-order valence-corrected chi connectivity index (χ2v) is 6.50. The Bertz CT molecular complexity index is 778. The Balaban J connectivity index is 2.27. The van der Waals surface area contributed by atoms with Gasteiger partial charge < -0.3 is 10.7 Å². The van der Waals surface area contributed by atoms with E-state index < -0.39 is 11.7 Å². The molecule has 3 nitrogen and oxygen atoms in total. The van der Waals surface area contributed by atoms with E-state index in [0.29, 0.717) is 15.9 Å². The van der Waals surface area contributed by atoms with Crippen molar-refractivity contribution < 1.29 is 9.18 Å². The molecule has 3 rings (SSSR count). The van der Waals surface area contributed by atoms with Crippen LogP contribution in [0.1, 0.15) is 35.0 Å². The van der Waals surface area contributed by atoms with Gasteiger partial charge in [-0.15, -0.1) is 0 Å². The van der Waals surface area contributed by atoms with Crippen molar-refractivity contribution in [1.29, 1.82) is 0 Å². The first-order chi connectivity index (χ1) is 9.90. The number of benzene rings is 1. The molecule has 1 atom stereocenters. The van der Waals surface area contributed by atoms with Gasteiger partial charge in [0.2, 0.25) is 0 Å². The number of carbonyl (C=O) groups is 1. The van der Waals surface area contributed by atoms with Crippen molar-refractivity contribution in [2.75, 3.05) is 0 Å². The van der Waals surface area contributed by atoms with Gasteiger partial charge in [0.05, 0.1) is 15.6 Å². The molecule has 1 heterocycles. The van der Waals surface area contributed by atoms with Gasteiger partial charge in [0.1, 0.15) is 5.82 Å². The summed E-state index contributed by atoms with van der Waals surface area (Å²) in [5.74, 6) is -0.659. The molecule has 1 aromatic carbocycles. The van der Waals surface area contributed by atoms with Gasteiger partial charge in [0.15, 0.2) is 0 Å². The first-order valence-electron chi connectivity index (χ1n) is 6.86. The predicted octanol–water partition coefficient (Wildman–Crippen LogP) is 3.85. The van der Waals surface area contributed by atoms with Crippen LogP contribution >= 0.6 is 15.9 Å². The van der Waals surface area contributed by atoms with Crippen LogP contribution in [0.2, 0.25) is 0 Å². The van der Waals surface area contributed by atoms with Crippen LogP contribution in [0.3, 0.4) is 0 Å². The van der Waals surface area contributed by atoms with Gasteiger partial charge in [0.25, 0.3) is 5.91 Å². The molecule has 3 N–H and O–H groups in total. The lowest BCUT2D eigenvalue weighted by molar-refractivity contribution is 0.100. The zero-order chi connectivity index (χ0) is 15.3. The number of aromatic nitrogens is 1. The third-order valence-electron chi connectivity index (χ3n) is 4.32. The molecule has 1 aliphatic rings. The highest BCUT2D eigenvalue weighted by molar-refractivity contribution is 9.10. The van der Waals surface area contributed by atoms with Gasteiger partial charge in [-0.05, 0) is 59.7 Å². The number of allylic oxidation sites excluding steroid dienone is 1. The third kappa shape index (κ3) is 2.20. The Labute approximate surface area is 130 Å². The Morgan fingerprint density at radius 2 is 2.29 bits per heavy atom. The van der Waals surface area contributed by atoms with Crippen LogP contribution < -0.4 is 5.73 Å². The maximum Gasteiger partial charge on any atom is 0.250 e. The van der Waals surface area contributed by atoms with Crippen LogP contribution in [0.5, 0.6) is 0 Å². The van der Waals surface area contributed by atoms with E-state index in [1.54, 1.807) is 0 Å². The molecule has 0 spiro atoms. The van der Waals surface area contributed by atoms with Gasteiger partial charge in [-0.25, -0.2) is 4.39 Å². The number of rotatable bonds is 2. The lowest BCUT2D eigenvalue weighted by atomic mass is 9.83. The van der Waals surface area contributed by atoms with Crippen LogP contribution in [0.25, 0.3) is 10.9 Å². The number of hydrogen-bond donors (Lipinski definition) is 2. The van der Waals surface area contributed by atoms with E-state index in [1.807, 2.05) is 6.92 Å². The Morgan fingerprint density at radius 3 is 2.90 bits per heavy atom. The number of nitrogens with two attached hydrogens (primary N) is 1. The van der Waals surface area contributed by atoms with Crippen molar-refractivity contribution in [3.63, 3.8) is 0 Å². The van der Waals surface area contributed by atoms with Crippen LogP contribution in [0, 0.1) is 11.7 Å². The molecule has 2 aromatic rings. The summed E-state index contributed by atoms with van der Waals surface area (Å²) in [6.07, 6.45) is 2.67. The van der Waals surface area contributed by atoms with Gasteiger partial charge >= 0.3 is 0 Å². The lowest BCUT2D eigenvalue weighted by Gasteiger charge is -2.22. The summed E-state index contributed by atoms with van der Waals surface area (Å²) in [6.45, 7) is 6.06. The molecule has 1 aromatic heterocycles. The minimum absolute atomic E-state index is 0.201. The molecule has 0 saturated carbocycles. The number of H-pyrrole nitrogens is 1. The molecule has 21 heavy (non-hydrogen) atoms. The minimum Gasteiger partial charge on any atom is -0.366 e. The average molecular weight is 351 g/mol. The topological polar surface area (TPSA) is 58.9 Å². The van der Waals surface area contributed by atoms with Crippen LogP contribution in [-0.2, 0) is 12.8 Å². The first-order valence-corrected chi connectivity index (χ1v) is 7.66. The number of carbonyl (C=O) groups excluding carboxylic acids is 1. The van der Waals surface area contributed by atoms with Gasteiger partial charge in [0, 0.05) is 11.1 Å². The molecule has 0 aliphatic heterocycles. The fourth-order valence-corrected chi connectivity index (χ4v) is 3.70. The largest absolute Gasteiger partial charge is 0.366 e. The molecule has 0 saturated heterocycles. The second-order valence-electron chi connectivity index (χ2n) is 5.70. The SMILES string of the molecule is C=C(C)[C@H]1CCc2c([nH]c3c(C(N)=O)cc(F)c(Br)c23)C1. The predicted molar refractivity (Wildman–Crippen MR) is 84.8 cm³/mol. The normalized spacial score (nSPS) is 17.8. The summed E-state index contributed by atoms with van der Waals surface area (Å²) in [5, 5.41) is 0.749. The van der Waals surface area contributed by atoms with Crippen molar-refractivity contribution in [2.45, 2.75) is 26.2 Å². The summed E-state index contributed by atoms with van der Waals surface area (Å²) in [4.78, 5) is 14.9. The number of aryl methyl sites for hydroxylation is 1. The van der Waals surface area contributed by atoms with Crippen LogP contribution in [-0.4, -0.2) is 10.9 Å². The van der Waals surface area contributed by atoms with E-state index in [2.05, 4.69) is 27.5 Å². The summed E-state index contributed by atoms with van der Waals surface area (Å²) >= 11 is 3.30. The van der Waals surface area contributed by atoms with Crippen molar-refractivity contribution in [3.05, 3.63) is 45.3 Å². The highest BCUT2D eigenvalue weighted by Crippen LogP contribution is 2.39. The standard InChI is InChI=1S/C16H16BrFN2O/c1-7(2)8-3-4-9-12(5-8)20-15-10(16(19)21)6-11(18)14(17)13(9)15/h6,8,20H,1,3-5H2,2H3,(H2,19,21)/t8-/m0/s1. The molecule has 0 unspecified atom stereocenters. The number of nitrogens with one attached hydrogen (secondary N) is 1. The number of aromatic amines is 1. The highest BCUT2D eigenvalue weighted by Gasteiger charge is 2.26. The Hall–Kier alpha value is -1.62. The number of fused-ring (bicyclic) bond motifs is 3. The molecule has 1 aliphatic carbocycles. The molecule has 0 fully saturated rings. The van der Waals surface area contributed by atoms with Crippen molar-refractivity contribution in [3.8, 4) is 0 Å². The van der Waals surface area contributed by atoms with Crippen molar-refractivity contribution >= 4 is 32.7 Å². The quantitative estimate of drug-likeness (QED) is 0.794. The zero-order valence-corrected chi connectivity index (χ0v) is 13.3. The van der Waals surface area contributed by atoms with Crippen LogP contribution in [0.4, 0.5) is 4.39 Å². The molecule has 0 radical (unpaired) electrons. The maximum atomic E-state index is 14.0. The van der Waals surface area contributed by atoms with Crippen molar-refractivity contribution in [1.82, 2.24) is 4.98 Å². The summed E-state index contributed by atoms with van der Waals surface area (Å²) < 4.78 is 14.4. The van der Waals surface area contributed by atoms with Gasteiger partial charge in [-0.1, -0.05) is 12.2 Å². The summed E-state index contributed by atoms with van der Waals surface area (Å²) in [5.41, 5.74) is 9.49. The fraction of sp³-hybridized carbons (Fsp3) is 0.312. The van der Waals surface area contributed by atoms with Gasteiger partial charge in [-0.3, -0.25) is 4.79 Å². The molecule has 0 bridgehead atoms. The number of primary amides is 1. The minimum atomic E-state index is -0.624. The first kappa shape index (κ1) is 14.3. The van der Waals surface area contributed by atoms with Gasteiger partial charge in [-0.2, -0.15) is 0 Å². The fourth-order valence-electron chi connectivity index (χ4n) is 3.15. The van der Waals surface area contributed by atoms with E-state index in [0.717, 1.165) is 41.5 Å². The summed E-state index contributed by atoms with van der Waals surface area (Å²) in [7, 11) is 0.